The third kappa shape index (κ3) is 3.03. The van der Waals surface area contributed by atoms with Crippen LogP contribution in [0.3, 0.4) is 0 Å². The molecule has 0 bridgehead atoms. The fraction of sp³-hybridized carbons (Fsp3) is 0.333. The van der Waals surface area contributed by atoms with Crippen LogP contribution in [0.2, 0.25) is 5.15 Å². The number of hydrogen-bond acceptors (Lipinski definition) is 3. The Hall–Kier alpha value is -2.01. The van der Waals surface area contributed by atoms with Gasteiger partial charge >= 0.3 is 5.97 Å². The van der Waals surface area contributed by atoms with Crippen molar-refractivity contribution in [3.63, 3.8) is 0 Å². The van der Waals surface area contributed by atoms with Gasteiger partial charge in [0.15, 0.2) is 0 Å². The average molecular weight is 309 g/mol. The molecule has 0 spiro atoms. The van der Waals surface area contributed by atoms with Crippen molar-refractivity contribution < 1.29 is 14.6 Å². The molecule has 1 N–H and O–H groups in total. The highest BCUT2D eigenvalue weighted by Gasteiger charge is 2.23. The Morgan fingerprint density at radius 3 is 2.67 bits per heavy atom. The number of aryl methyl sites for hydroxylation is 1. The van der Waals surface area contributed by atoms with Crippen molar-refractivity contribution >= 4 is 17.6 Å². The van der Waals surface area contributed by atoms with Crippen molar-refractivity contribution in [2.24, 2.45) is 0 Å². The van der Waals surface area contributed by atoms with Crippen LogP contribution in [0.15, 0.2) is 24.3 Å². The molecule has 1 heterocycles. The summed E-state index contributed by atoms with van der Waals surface area (Å²) in [5.74, 6) is -0.446. The molecule has 0 aliphatic heterocycles. The van der Waals surface area contributed by atoms with Crippen LogP contribution >= 0.6 is 11.6 Å². The predicted octanol–water partition coefficient (Wildman–Crippen LogP) is 3.58. The number of aromatic carboxylic acids is 1. The molecule has 0 aliphatic rings. The van der Waals surface area contributed by atoms with E-state index in [2.05, 4.69) is 5.10 Å². The van der Waals surface area contributed by atoms with Gasteiger partial charge in [-0.15, -0.1) is 0 Å². The van der Waals surface area contributed by atoms with Crippen LogP contribution in [-0.4, -0.2) is 27.5 Å². The maximum absolute atomic E-state index is 11.3. The largest absolute Gasteiger partial charge is 0.491 e. The minimum absolute atomic E-state index is 0.0458. The number of nitrogens with zero attached hydrogens (tertiary/aromatic N) is 2. The first-order valence-electron chi connectivity index (χ1n) is 6.83. The van der Waals surface area contributed by atoms with E-state index in [0.29, 0.717) is 30.2 Å². The highest BCUT2D eigenvalue weighted by atomic mass is 35.5. The van der Waals surface area contributed by atoms with E-state index in [-0.39, 0.29) is 10.7 Å². The first-order valence-corrected chi connectivity index (χ1v) is 7.20. The van der Waals surface area contributed by atoms with Crippen LogP contribution in [-0.2, 0) is 6.42 Å². The molecule has 0 unspecified atom stereocenters. The highest BCUT2D eigenvalue weighted by molar-refractivity contribution is 6.33. The van der Waals surface area contributed by atoms with Crippen molar-refractivity contribution in [3.05, 3.63) is 40.7 Å². The van der Waals surface area contributed by atoms with Crippen LogP contribution in [0.5, 0.6) is 5.75 Å². The average Bonchev–Trinajstić information content (AvgIpc) is 2.82. The molecule has 0 aliphatic carbocycles. The monoisotopic (exact) mass is 308 g/mol. The van der Waals surface area contributed by atoms with Crippen molar-refractivity contribution in [2.45, 2.75) is 26.7 Å². The van der Waals surface area contributed by atoms with Gasteiger partial charge in [-0.3, -0.25) is 0 Å². The quantitative estimate of drug-likeness (QED) is 0.886. The number of para-hydroxylation sites is 2. The van der Waals surface area contributed by atoms with Gasteiger partial charge in [-0.25, -0.2) is 9.48 Å². The molecule has 2 rings (SSSR count). The summed E-state index contributed by atoms with van der Waals surface area (Å²) < 4.78 is 7.10. The SMILES string of the molecule is CCCOc1ccccc1-n1nc(CC)c(C(=O)O)c1Cl. The van der Waals surface area contributed by atoms with Gasteiger partial charge in [-0.1, -0.05) is 37.6 Å². The minimum atomic E-state index is -1.07. The van der Waals surface area contributed by atoms with E-state index in [0.717, 1.165) is 6.42 Å². The summed E-state index contributed by atoms with van der Waals surface area (Å²) in [7, 11) is 0. The molecule has 0 amide bonds. The maximum Gasteiger partial charge on any atom is 0.340 e. The van der Waals surface area contributed by atoms with Crippen molar-refractivity contribution in [2.75, 3.05) is 6.61 Å². The normalized spacial score (nSPS) is 10.6. The predicted molar refractivity (Wildman–Crippen MR) is 80.7 cm³/mol. The summed E-state index contributed by atoms with van der Waals surface area (Å²) in [6.45, 7) is 4.43. The third-order valence-corrected chi connectivity index (χ3v) is 3.35. The van der Waals surface area contributed by atoms with Crippen LogP contribution in [0.25, 0.3) is 5.69 Å². The first kappa shape index (κ1) is 15.4. The lowest BCUT2D eigenvalue weighted by molar-refractivity contribution is 0.0696. The summed E-state index contributed by atoms with van der Waals surface area (Å²) in [5, 5.41) is 13.7. The van der Waals surface area contributed by atoms with Crippen LogP contribution in [0, 0.1) is 0 Å². The van der Waals surface area contributed by atoms with Crippen molar-refractivity contribution in [1.29, 1.82) is 0 Å². The van der Waals surface area contributed by atoms with E-state index in [9.17, 15) is 9.90 Å². The fourth-order valence-electron chi connectivity index (χ4n) is 2.02. The van der Waals surface area contributed by atoms with E-state index in [1.54, 1.807) is 6.07 Å². The second-order valence-corrected chi connectivity index (χ2v) is 4.86. The van der Waals surface area contributed by atoms with Gasteiger partial charge in [0.05, 0.1) is 12.3 Å². The van der Waals surface area contributed by atoms with E-state index < -0.39 is 5.97 Å². The number of benzene rings is 1. The van der Waals surface area contributed by atoms with Crippen LogP contribution in [0.1, 0.15) is 36.3 Å². The van der Waals surface area contributed by atoms with Gasteiger partial charge in [0.25, 0.3) is 0 Å². The van der Waals surface area contributed by atoms with Gasteiger partial charge in [-0.2, -0.15) is 5.10 Å². The molecule has 0 fully saturated rings. The molecule has 6 heteroatoms. The van der Waals surface area contributed by atoms with Gasteiger partial charge in [0.2, 0.25) is 0 Å². The summed E-state index contributed by atoms with van der Waals surface area (Å²) >= 11 is 6.21. The molecule has 112 valence electrons. The molecular formula is C15H17ClN2O3. The van der Waals surface area contributed by atoms with E-state index in [4.69, 9.17) is 16.3 Å². The van der Waals surface area contributed by atoms with Crippen LogP contribution < -0.4 is 4.74 Å². The van der Waals surface area contributed by atoms with E-state index in [1.165, 1.54) is 4.68 Å². The number of halogens is 1. The number of ether oxygens (including phenoxy) is 1. The minimum Gasteiger partial charge on any atom is -0.491 e. The number of hydrogen-bond donors (Lipinski definition) is 1. The zero-order chi connectivity index (χ0) is 15.4. The molecule has 0 saturated carbocycles. The Morgan fingerprint density at radius 2 is 2.10 bits per heavy atom. The Balaban J connectivity index is 2.55. The van der Waals surface area contributed by atoms with Crippen molar-refractivity contribution in [3.8, 4) is 11.4 Å². The lowest BCUT2D eigenvalue weighted by Gasteiger charge is -2.11. The molecule has 2 aromatic rings. The Bertz CT molecular complexity index is 652. The van der Waals surface area contributed by atoms with Gasteiger partial charge in [0, 0.05) is 0 Å². The molecule has 1 aromatic carbocycles. The second-order valence-electron chi connectivity index (χ2n) is 4.50. The number of carboxylic acids is 1. The summed E-state index contributed by atoms with van der Waals surface area (Å²) in [5.41, 5.74) is 1.14. The zero-order valence-corrected chi connectivity index (χ0v) is 12.7. The molecular weight excluding hydrogens is 292 g/mol. The first-order chi connectivity index (χ1) is 10.1. The van der Waals surface area contributed by atoms with Gasteiger partial charge < -0.3 is 9.84 Å². The molecule has 0 saturated heterocycles. The Labute approximate surface area is 128 Å². The number of carbonyl (C=O) groups is 1. The summed E-state index contributed by atoms with van der Waals surface area (Å²) in [6, 6.07) is 7.30. The van der Waals surface area contributed by atoms with E-state index >= 15 is 0 Å². The maximum atomic E-state index is 11.3. The molecule has 0 atom stereocenters. The molecule has 1 aromatic heterocycles. The standard InChI is InChI=1S/C15H17ClN2O3/c1-3-9-21-12-8-6-5-7-11(12)18-14(16)13(15(19)20)10(4-2)17-18/h5-8H,3-4,9H2,1-2H3,(H,19,20). The Kier molecular flexibility index (Phi) is 4.85. The molecule has 5 nitrogen and oxygen atoms in total. The lowest BCUT2D eigenvalue weighted by atomic mass is 10.2. The fourth-order valence-corrected chi connectivity index (χ4v) is 2.34. The molecule has 0 radical (unpaired) electrons. The van der Waals surface area contributed by atoms with Crippen molar-refractivity contribution in [1.82, 2.24) is 9.78 Å². The van der Waals surface area contributed by atoms with Crippen LogP contribution in [0.4, 0.5) is 0 Å². The Morgan fingerprint density at radius 1 is 1.38 bits per heavy atom. The second kappa shape index (κ2) is 6.63. The summed E-state index contributed by atoms with van der Waals surface area (Å²) in [4.78, 5) is 11.3. The van der Waals surface area contributed by atoms with Gasteiger partial charge in [-0.05, 0) is 25.0 Å². The smallest absolute Gasteiger partial charge is 0.340 e. The topological polar surface area (TPSA) is 64.4 Å². The number of carboxylic acid groups (broad SMARTS) is 1. The third-order valence-electron chi connectivity index (χ3n) is 3.01. The lowest BCUT2D eigenvalue weighted by Crippen LogP contribution is -2.03. The highest BCUT2D eigenvalue weighted by Crippen LogP contribution is 2.29. The van der Waals surface area contributed by atoms with E-state index in [1.807, 2.05) is 32.0 Å². The molecule has 21 heavy (non-hydrogen) atoms. The van der Waals surface area contributed by atoms with Gasteiger partial charge in [0.1, 0.15) is 22.2 Å². The number of aromatic nitrogens is 2. The number of rotatable bonds is 6. The zero-order valence-electron chi connectivity index (χ0n) is 12.0. The summed E-state index contributed by atoms with van der Waals surface area (Å²) in [6.07, 6.45) is 1.37.